The number of hydrogen-bond acceptors (Lipinski definition) is 3. The summed E-state index contributed by atoms with van der Waals surface area (Å²) in [6.07, 6.45) is 8.46. The zero-order chi connectivity index (χ0) is 13.0. The van der Waals surface area contributed by atoms with E-state index in [2.05, 4.69) is 34.9 Å². The van der Waals surface area contributed by atoms with E-state index in [9.17, 15) is 0 Å². The lowest BCUT2D eigenvalue weighted by molar-refractivity contribution is 0.191. The maximum atomic E-state index is 5.12. The summed E-state index contributed by atoms with van der Waals surface area (Å²) in [7, 11) is 1.75. The molecule has 1 unspecified atom stereocenters. The molecule has 4 heteroatoms. The minimum atomic E-state index is 0.395. The van der Waals surface area contributed by atoms with Crippen LogP contribution in [0.5, 0.6) is 0 Å². The minimum absolute atomic E-state index is 0.395. The van der Waals surface area contributed by atoms with E-state index in [4.69, 9.17) is 4.74 Å². The first-order chi connectivity index (χ1) is 8.70. The fourth-order valence-corrected chi connectivity index (χ4v) is 2.67. The molecule has 0 bridgehead atoms. The van der Waals surface area contributed by atoms with Gasteiger partial charge < -0.3 is 14.6 Å². The number of aryl methyl sites for hydroxylation is 1. The van der Waals surface area contributed by atoms with E-state index in [-0.39, 0.29) is 0 Å². The summed E-state index contributed by atoms with van der Waals surface area (Å²) in [4.78, 5) is 4.61. The Kier molecular flexibility index (Phi) is 4.64. The van der Waals surface area contributed by atoms with Crippen molar-refractivity contribution in [3.05, 3.63) is 11.9 Å². The molecular weight excluding hydrogens is 226 g/mol. The first kappa shape index (κ1) is 13.4. The number of nitrogens with zero attached hydrogens (tertiary/aromatic N) is 2. The Labute approximate surface area is 110 Å². The Balaban J connectivity index is 2.02. The Morgan fingerprint density at radius 3 is 2.89 bits per heavy atom. The van der Waals surface area contributed by atoms with Crippen molar-refractivity contribution < 1.29 is 4.74 Å². The molecule has 0 amide bonds. The van der Waals surface area contributed by atoms with Crippen molar-refractivity contribution in [2.75, 3.05) is 19.0 Å². The average Bonchev–Trinajstić information content (AvgIpc) is 2.95. The second-order valence-electron chi connectivity index (χ2n) is 5.38. The molecule has 0 aliphatic heterocycles. The zero-order valence-corrected chi connectivity index (χ0v) is 11.8. The van der Waals surface area contributed by atoms with Crippen LogP contribution in [0.4, 0.5) is 5.95 Å². The van der Waals surface area contributed by atoms with Crippen LogP contribution < -0.4 is 5.32 Å². The molecule has 1 aliphatic carbocycles. The highest BCUT2D eigenvalue weighted by atomic mass is 16.5. The molecule has 1 saturated carbocycles. The molecule has 1 aromatic heterocycles. The summed E-state index contributed by atoms with van der Waals surface area (Å²) in [5.41, 5.74) is 1.10. The average molecular weight is 251 g/mol. The van der Waals surface area contributed by atoms with E-state index in [1.807, 2.05) is 0 Å². The Morgan fingerprint density at radius 2 is 2.22 bits per heavy atom. The first-order valence-electron chi connectivity index (χ1n) is 7.01. The van der Waals surface area contributed by atoms with Gasteiger partial charge in [-0.25, -0.2) is 4.98 Å². The Bertz CT molecular complexity index is 369. The molecule has 0 saturated heterocycles. The van der Waals surface area contributed by atoms with Gasteiger partial charge in [0.1, 0.15) is 0 Å². The third-order valence-electron chi connectivity index (χ3n) is 3.70. The number of methoxy groups -OCH3 is 1. The predicted octanol–water partition coefficient (Wildman–Crippen LogP) is 3.14. The fraction of sp³-hybridized carbons (Fsp3) is 0.786. The molecule has 4 nitrogen and oxygen atoms in total. The molecular formula is C14H25N3O. The van der Waals surface area contributed by atoms with Crippen LogP contribution in [0.15, 0.2) is 6.20 Å². The van der Waals surface area contributed by atoms with Gasteiger partial charge in [0, 0.05) is 32.0 Å². The summed E-state index contributed by atoms with van der Waals surface area (Å²) in [5, 5.41) is 3.51. The van der Waals surface area contributed by atoms with Gasteiger partial charge in [-0.05, 0) is 33.1 Å². The summed E-state index contributed by atoms with van der Waals surface area (Å²) in [5.74, 6) is 1.03. The second-order valence-corrected chi connectivity index (χ2v) is 5.38. The van der Waals surface area contributed by atoms with Crippen LogP contribution in [0.2, 0.25) is 0 Å². The van der Waals surface area contributed by atoms with Gasteiger partial charge in [0.15, 0.2) is 0 Å². The zero-order valence-electron chi connectivity index (χ0n) is 11.8. The van der Waals surface area contributed by atoms with E-state index in [1.165, 1.54) is 25.7 Å². The fourth-order valence-electron chi connectivity index (χ4n) is 2.67. The van der Waals surface area contributed by atoms with Crippen molar-refractivity contribution in [2.45, 2.75) is 58.0 Å². The highest BCUT2D eigenvalue weighted by Gasteiger charge is 2.20. The highest BCUT2D eigenvalue weighted by Crippen LogP contribution is 2.32. The molecule has 0 radical (unpaired) electrons. The molecule has 2 rings (SSSR count). The van der Waals surface area contributed by atoms with Gasteiger partial charge in [0.2, 0.25) is 5.95 Å². The highest BCUT2D eigenvalue weighted by molar-refractivity contribution is 5.31. The van der Waals surface area contributed by atoms with Crippen LogP contribution >= 0.6 is 0 Å². The number of imidazole rings is 1. The van der Waals surface area contributed by atoms with Gasteiger partial charge in [-0.15, -0.1) is 0 Å². The quantitative estimate of drug-likeness (QED) is 0.844. The molecule has 1 aliphatic rings. The SMILES string of the molecule is COCCC(C)Nc1nc(C)cn1C1CCCC1. The summed E-state index contributed by atoms with van der Waals surface area (Å²) >= 11 is 0. The monoisotopic (exact) mass is 251 g/mol. The predicted molar refractivity (Wildman–Crippen MR) is 74.0 cm³/mol. The molecule has 1 fully saturated rings. The second kappa shape index (κ2) is 6.23. The molecule has 18 heavy (non-hydrogen) atoms. The first-order valence-corrected chi connectivity index (χ1v) is 7.01. The normalized spacial score (nSPS) is 18.2. The van der Waals surface area contributed by atoms with E-state index in [0.717, 1.165) is 24.7 Å². The Hall–Kier alpha value is -1.03. The van der Waals surface area contributed by atoms with E-state index in [1.54, 1.807) is 7.11 Å². The number of nitrogens with one attached hydrogen (secondary N) is 1. The van der Waals surface area contributed by atoms with Crippen molar-refractivity contribution in [3.8, 4) is 0 Å². The van der Waals surface area contributed by atoms with Crippen molar-refractivity contribution in [2.24, 2.45) is 0 Å². The number of aromatic nitrogens is 2. The lowest BCUT2D eigenvalue weighted by Gasteiger charge is -2.19. The molecule has 0 spiro atoms. The third kappa shape index (κ3) is 3.25. The van der Waals surface area contributed by atoms with Crippen LogP contribution in [-0.2, 0) is 4.74 Å². The lowest BCUT2D eigenvalue weighted by atomic mass is 10.2. The van der Waals surface area contributed by atoms with Crippen molar-refractivity contribution in [1.29, 1.82) is 0 Å². The van der Waals surface area contributed by atoms with Gasteiger partial charge >= 0.3 is 0 Å². The van der Waals surface area contributed by atoms with Gasteiger partial charge in [-0.3, -0.25) is 0 Å². The van der Waals surface area contributed by atoms with E-state index in [0.29, 0.717) is 12.1 Å². The van der Waals surface area contributed by atoms with Gasteiger partial charge in [-0.1, -0.05) is 12.8 Å². The van der Waals surface area contributed by atoms with E-state index >= 15 is 0 Å². The summed E-state index contributed by atoms with van der Waals surface area (Å²) in [6, 6.07) is 1.04. The molecule has 102 valence electrons. The molecule has 1 N–H and O–H groups in total. The number of ether oxygens (including phenoxy) is 1. The lowest BCUT2D eigenvalue weighted by Crippen LogP contribution is -2.21. The number of hydrogen-bond donors (Lipinski definition) is 1. The van der Waals surface area contributed by atoms with Crippen LogP contribution in [0, 0.1) is 6.92 Å². The summed E-state index contributed by atoms with van der Waals surface area (Å²) in [6.45, 7) is 5.04. The third-order valence-corrected chi connectivity index (χ3v) is 3.70. The smallest absolute Gasteiger partial charge is 0.203 e. The largest absolute Gasteiger partial charge is 0.385 e. The van der Waals surface area contributed by atoms with Crippen molar-refractivity contribution in [1.82, 2.24) is 9.55 Å². The topological polar surface area (TPSA) is 39.1 Å². The maximum Gasteiger partial charge on any atom is 0.203 e. The number of anilines is 1. The van der Waals surface area contributed by atoms with Crippen molar-refractivity contribution in [3.63, 3.8) is 0 Å². The van der Waals surface area contributed by atoms with Crippen LogP contribution in [0.3, 0.4) is 0 Å². The van der Waals surface area contributed by atoms with Crippen LogP contribution in [0.25, 0.3) is 0 Å². The Morgan fingerprint density at radius 1 is 1.50 bits per heavy atom. The van der Waals surface area contributed by atoms with Gasteiger partial charge in [0.05, 0.1) is 5.69 Å². The van der Waals surface area contributed by atoms with Crippen LogP contribution in [0.1, 0.15) is 50.8 Å². The number of rotatable bonds is 6. The molecule has 1 heterocycles. The van der Waals surface area contributed by atoms with Crippen molar-refractivity contribution >= 4 is 5.95 Å². The van der Waals surface area contributed by atoms with Crippen LogP contribution in [-0.4, -0.2) is 29.3 Å². The molecule has 1 aromatic rings. The van der Waals surface area contributed by atoms with Gasteiger partial charge in [-0.2, -0.15) is 0 Å². The standard InChI is InChI=1S/C14H25N3O/c1-11(8-9-18-3)15-14-16-12(2)10-17(14)13-6-4-5-7-13/h10-11,13H,4-9H2,1-3H3,(H,15,16). The maximum absolute atomic E-state index is 5.12. The molecule has 1 atom stereocenters. The molecule has 0 aromatic carbocycles. The minimum Gasteiger partial charge on any atom is -0.385 e. The summed E-state index contributed by atoms with van der Waals surface area (Å²) < 4.78 is 7.46. The van der Waals surface area contributed by atoms with E-state index < -0.39 is 0 Å². The van der Waals surface area contributed by atoms with Gasteiger partial charge in [0.25, 0.3) is 0 Å².